The fourth-order valence-electron chi connectivity index (χ4n) is 3.74. The molecule has 0 spiro atoms. The highest BCUT2D eigenvalue weighted by Crippen LogP contribution is 2.48. The number of hydrogen-bond acceptors (Lipinski definition) is 6. The van der Waals surface area contributed by atoms with Crippen molar-refractivity contribution in [3.63, 3.8) is 0 Å². The molecule has 0 aromatic heterocycles. The molecule has 0 bridgehead atoms. The van der Waals surface area contributed by atoms with E-state index in [2.05, 4.69) is 16.4 Å². The highest BCUT2D eigenvalue weighted by molar-refractivity contribution is 8.04. The number of halogens is 1. The molecule has 1 aromatic carbocycles. The molecular weight excluding hydrogens is 428 g/mol. The molecule has 6 nitrogen and oxygen atoms in total. The summed E-state index contributed by atoms with van der Waals surface area (Å²) >= 11 is 12.7. The lowest BCUT2D eigenvalue weighted by Gasteiger charge is -2.31. The Morgan fingerprint density at radius 1 is 1.28 bits per heavy atom. The monoisotopic (exact) mass is 444 g/mol. The summed E-state index contributed by atoms with van der Waals surface area (Å²) in [5.74, 6) is -2.39. The summed E-state index contributed by atoms with van der Waals surface area (Å²) in [7, 11) is 0. The van der Waals surface area contributed by atoms with E-state index in [4.69, 9.17) is 23.8 Å². The molecule has 1 fully saturated rings. The van der Waals surface area contributed by atoms with Crippen molar-refractivity contribution >= 4 is 64.4 Å². The van der Waals surface area contributed by atoms with Crippen LogP contribution >= 0.6 is 35.6 Å². The number of thiocarbonyl (C=S) groups is 1. The third-order valence-corrected chi connectivity index (χ3v) is 7.11. The van der Waals surface area contributed by atoms with E-state index in [9.17, 15) is 14.9 Å². The highest BCUT2D eigenvalue weighted by atomic mass is 35.5. The topological polar surface area (TPSA) is 85.6 Å². The molecule has 29 heavy (non-hydrogen) atoms. The van der Waals surface area contributed by atoms with E-state index in [1.807, 2.05) is 0 Å². The van der Waals surface area contributed by atoms with Crippen molar-refractivity contribution in [2.75, 3.05) is 4.90 Å². The summed E-state index contributed by atoms with van der Waals surface area (Å²) in [5, 5.41) is 12.4. The quantitative estimate of drug-likeness (QED) is 0.435. The lowest BCUT2D eigenvalue weighted by Crippen LogP contribution is -2.58. The number of allylic oxidation sites excluding steroid dienone is 1. The van der Waals surface area contributed by atoms with Crippen LogP contribution in [0.3, 0.4) is 0 Å². The maximum Gasteiger partial charge on any atom is 0.251 e. The smallest absolute Gasteiger partial charge is 0.251 e. The Morgan fingerprint density at radius 3 is 2.72 bits per heavy atom. The van der Waals surface area contributed by atoms with Gasteiger partial charge in [0.05, 0.1) is 11.8 Å². The molecule has 1 aromatic rings. The molecule has 0 unspecified atom stereocenters. The van der Waals surface area contributed by atoms with Crippen molar-refractivity contribution < 1.29 is 9.59 Å². The number of nitrogens with zero attached hydrogens (tertiary/aromatic N) is 3. The van der Waals surface area contributed by atoms with Gasteiger partial charge in [-0.05, 0) is 72.6 Å². The number of aliphatic imine (C=N–C) groups is 1. The minimum Gasteiger partial charge on any atom is -0.301 e. The predicted molar refractivity (Wildman–Crippen MR) is 118 cm³/mol. The largest absolute Gasteiger partial charge is 0.301 e. The van der Waals surface area contributed by atoms with E-state index in [0.29, 0.717) is 10.7 Å². The lowest BCUT2D eigenvalue weighted by molar-refractivity contribution is -0.130. The Balaban J connectivity index is 1.55. The van der Waals surface area contributed by atoms with Crippen molar-refractivity contribution in [2.24, 2.45) is 16.8 Å². The van der Waals surface area contributed by atoms with Gasteiger partial charge in [0.25, 0.3) is 5.91 Å². The van der Waals surface area contributed by atoms with Crippen molar-refractivity contribution in [2.45, 2.75) is 31.1 Å². The van der Waals surface area contributed by atoms with Crippen molar-refractivity contribution in [1.29, 1.82) is 5.26 Å². The van der Waals surface area contributed by atoms with E-state index in [1.165, 1.54) is 21.6 Å². The fraction of sp³-hybridized carbons (Fsp3) is 0.350. The van der Waals surface area contributed by atoms with Crippen LogP contribution in [0, 0.1) is 23.2 Å². The minimum atomic E-state index is -1.10. The SMILES string of the molecule is N#C[C@@H]1C2=C(CCCC2)S[C@H]1N=C[C@@H]1C(=O)NC(=S)N(c2ccc(Cl)cc2)C1=O. The normalized spacial score (nSPS) is 27.2. The number of nitriles is 1. The number of benzene rings is 1. The van der Waals surface area contributed by atoms with Gasteiger partial charge in [0, 0.05) is 11.2 Å². The molecule has 0 radical (unpaired) electrons. The maximum atomic E-state index is 13.0. The third kappa shape index (κ3) is 3.82. The Labute approximate surface area is 183 Å². The summed E-state index contributed by atoms with van der Waals surface area (Å²) in [6.07, 6.45) is 5.48. The average Bonchev–Trinajstić information content (AvgIpc) is 3.06. The summed E-state index contributed by atoms with van der Waals surface area (Å²) in [6.45, 7) is 0. The van der Waals surface area contributed by atoms with Crippen LogP contribution in [0.15, 0.2) is 39.7 Å². The van der Waals surface area contributed by atoms with Crippen LogP contribution in [0.5, 0.6) is 0 Å². The molecule has 2 amide bonds. The number of thioether (sulfide) groups is 1. The van der Waals surface area contributed by atoms with Crippen LogP contribution in [-0.4, -0.2) is 28.5 Å². The molecule has 9 heteroatoms. The first-order valence-electron chi connectivity index (χ1n) is 9.25. The number of carbonyl (C=O) groups is 2. The number of hydrogen-bond donors (Lipinski definition) is 1. The van der Waals surface area contributed by atoms with E-state index in [1.54, 1.807) is 36.0 Å². The van der Waals surface area contributed by atoms with Crippen LogP contribution in [0.1, 0.15) is 25.7 Å². The molecule has 3 atom stereocenters. The minimum absolute atomic E-state index is 0.0224. The number of anilines is 1. The van der Waals surface area contributed by atoms with Crippen LogP contribution in [0.4, 0.5) is 5.69 Å². The van der Waals surface area contributed by atoms with Gasteiger partial charge in [-0.15, -0.1) is 11.8 Å². The van der Waals surface area contributed by atoms with Crippen molar-refractivity contribution in [1.82, 2.24) is 5.32 Å². The van der Waals surface area contributed by atoms with Gasteiger partial charge >= 0.3 is 0 Å². The van der Waals surface area contributed by atoms with Gasteiger partial charge in [0.15, 0.2) is 11.0 Å². The number of rotatable bonds is 3. The summed E-state index contributed by atoms with van der Waals surface area (Å²) in [4.78, 5) is 32.4. The summed E-state index contributed by atoms with van der Waals surface area (Å²) in [6, 6.07) is 8.97. The average molecular weight is 445 g/mol. The first-order chi connectivity index (χ1) is 14.0. The standard InChI is InChI=1S/C20H17ClN4O2S2/c21-11-5-7-12(8-6-11)25-19(27)15(17(26)24-20(25)28)10-23-18-14(9-22)13-3-1-2-4-16(13)29-18/h5-8,10,14-15,18H,1-4H2,(H,24,26,28)/t14-,15-,18-/m1/s1. The number of nitrogens with one attached hydrogen (secondary N) is 1. The van der Waals surface area contributed by atoms with E-state index < -0.39 is 17.7 Å². The van der Waals surface area contributed by atoms with Crippen LogP contribution in [0.2, 0.25) is 5.02 Å². The Kier molecular flexibility index (Phi) is 5.72. The molecule has 1 aliphatic carbocycles. The van der Waals surface area contributed by atoms with Gasteiger partial charge in [-0.3, -0.25) is 19.5 Å². The zero-order chi connectivity index (χ0) is 20.5. The molecule has 0 saturated carbocycles. The molecule has 148 valence electrons. The first kappa shape index (κ1) is 20.1. The first-order valence-corrected chi connectivity index (χ1v) is 10.9. The van der Waals surface area contributed by atoms with E-state index in [-0.39, 0.29) is 16.4 Å². The van der Waals surface area contributed by atoms with Gasteiger partial charge < -0.3 is 5.32 Å². The third-order valence-electron chi connectivity index (χ3n) is 5.19. The zero-order valence-corrected chi connectivity index (χ0v) is 17.7. The van der Waals surface area contributed by atoms with Crippen LogP contribution in [0.25, 0.3) is 0 Å². The van der Waals surface area contributed by atoms with Crippen LogP contribution in [-0.2, 0) is 9.59 Å². The second kappa shape index (κ2) is 8.27. The lowest BCUT2D eigenvalue weighted by atomic mass is 9.90. The zero-order valence-electron chi connectivity index (χ0n) is 15.3. The predicted octanol–water partition coefficient (Wildman–Crippen LogP) is 3.82. The Morgan fingerprint density at radius 2 is 2.00 bits per heavy atom. The van der Waals surface area contributed by atoms with Gasteiger partial charge in [-0.25, -0.2) is 0 Å². The van der Waals surface area contributed by atoms with Gasteiger partial charge in [-0.2, -0.15) is 5.26 Å². The van der Waals surface area contributed by atoms with E-state index in [0.717, 1.165) is 25.7 Å². The van der Waals surface area contributed by atoms with Gasteiger partial charge in [0.2, 0.25) is 5.91 Å². The highest BCUT2D eigenvalue weighted by Gasteiger charge is 2.40. The van der Waals surface area contributed by atoms with Crippen molar-refractivity contribution in [3.8, 4) is 6.07 Å². The molecule has 4 rings (SSSR count). The fourth-order valence-corrected chi connectivity index (χ4v) is 5.58. The number of carbonyl (C=O) groups excluding carboxylic acids is 2. The van der Waals surface area contributed by atoms with Gasteiger partial charge in [0.1, 0.15) is 11.3 Å². The second-order valence-electron chi connectivity index (χ2n) is 6.99. The second-order valence-corrected chi connectivity index (χ2v) is 9.03. The molecular formula is C20H17ClN4O2S2. The number of amides is 2. The molecule has 3 aliphatic rings. The Bertz CT molecular complexity index is 983. The summed E-state index contributed by atoms with van der Waals surface area (Å²) in [5.41, 5.74) is 1.69. The molecule has 1 N–H and O–H groups in total. The van der Waals surface area contributed by atoms with Crippen LogP contribution < -0.4 is 10.2 Å². The Hall–Kier alpha value is -2.21. The summed E-state index contributed by atoms with van der Waals surface area (Å²) < 4.78 is 0. The van der Waals surface area contributed by atoms with Crippen molar-refractivity contribution in [3.05, 3.63) is 39.8 Å². The van der Waals surface area contributed by atoms with E-state index >= 15 is 0 Å². The molecule has 2 heterocycles. The maximum absolute atomic E-state index is 13.0. The molecule has 2 aliphatic heterocycles. The van der Waals surface area contributed by atoms with Gasteiger partial charge in [-0.1, -0.05) is 11.6 Å². The molecule has 1 saturated heterocycles.